The molecule has 2 aromatic carbocycles. The Morgan fingerprint density at radius 3 is 2.19 bits per heavy atom. The number of carbonyl (C=O) groups is 1. The average Bonchev–Trinajstić information content (AvgIpc) is 3.42. The number of hydrogen-bond donors (Lipinski definition) is 0. The molecule has 0 saturated heterocycles. The third-order valence-corrected chi connectivity index (χ3v) is 10.6. The van der Waals surface area contributed by atoms with Crippen molar-refractivity contribution < 1.29 is 14.1 Å². The first-order chi connectivity index (χ1) is 15.1. The van der Waals surface area contributed by atoms with Crippen LogP contribution in [0, 0.1) is 17.8 Å². The minimum absolute atomic E-state index is 0.0446. The van der Waals surface area contributed by atoms with Crippen LogP contribution in [0.3, 0.4) is 0 Å². The van der Waals surface area contributed by atoms with Gasteiger partial charge in [0.25, 0.3) is 0 Å². The van der Waals surface area contributed by atoms with E-state index in [1.165, 1.54) is 5.01 Å². The van der Waals surface area contributed by atoms with Crippen LogP contribution in [0.2, 0.25) is 0 Å². The molecule has 3 aliphatic rings. The normalized spacial score (nSPS) is 28.9. The van der Waals surface area contributed by atoms with Crippen LogP contribution in [0.5, 0.6) is 0 Å². The molecular formula is C25H27N2O3P. The topological polar surface area (TPSA) is 59.0 Å². The van der Waals surface area contributed by atoms with Gasteiger partial charge in [-0.3, -0.25) is 0 Å². The van der Waals surface area contributed by atoms with Crippen LogP contribution in [0.15, 0.2) is 77.9 Å². The largest absolute Gasteiger partial charge is 0.448 e. The molecule has 2 bridgehead atoms. The van der Waals surface area contributed by atoms with Gasteiger partial charge in [0.1, 0.15) is 0 Å². The smallest absolute Gasteiger partial charge is 0.430 e. The molecule has 31 heavy (non-hydrogen) atoms. The van der Waals surface area contributed by atoms with Crippen molar-refractivity contribution >= 4 is 29.6 Å². The summed E-state index contributed by atoms with van der Waals surface area (Å²) in [6, 6.07) is 19.4. The van der Waals surface area contributed by atoms with E-state index in [1.54, 1.807) is 6.92 Å². The second-order valence-corrected chi connectivity index (χ2v) is 11.5. The Morgan fingerprint density at radius 2 is 1.61 bits per heavy atom. The van der Waals surface area contributed by atoms with E-state index in [9.17, 15) is 4.79 Å². The summed E-state index contributed by atoms with van der Waals surface area (Å²) in [5, 5.41) is 7.95. The molecule has 0 unspecified atom stereocenters. The Bertz CT molecular complexity index is 1040. The van der Waals surface area contributed by atoms with Crippen LogP contribution in [0.1, 0.15) is 20.3 Å². The Hall–Kier alpha value is -2.65. The molecule has 2 aromatic rings. The zero-order chi connectivity index (χ0) is 21.6. The van der Waals surface area contributed by atoms with E-state index >= 15 is 4.57 Å². The summed E-state index contributed by atoms with van der Waals surface area (Å²) < 4.78 is 20.5. The Morgan fingerprint density at radius 1 is 1.03 bits per heavy atom. The highest BCUT2D eigenvalue weighted by molar-refractivity contribution is 7.80. The third kappa shape index (κ3) is 3.10. The van der Waals surface area contributed by atoms with E-state index in [4.69, 9.17) is 9.84 Å². The summed E-state index contributed by atoms with van der Waals surface area (Å²) in [5.74, 6) is 0.546. The zero-order valence-electron chi connectivity index (χ0n) is 17.8. The summed E-state index contributed by atoms with van der Waals surface area (Å²) in [4.78, 5) is 12.8. The Balaban J connectivity index is 1.70. The standard InChI is InChI=1S/C25H27N2O3P/c1-3-30-25(28)27-23-19-15-14-18(16-19)22(23)24(17(2)26-27)31(29,20-10-6-4-7-11-20)21-12-8-5-9-13-21/h4-15,18-19,22-24H,3,16H2,1-2H3/t18-,19+,22+,23-,24+/m0/s1. The number of rotatable bonds is 4. The lowest BCUT2D eigenvalue weighted by molar-refractivity contribution is 0.0686. The number of fused-ring (bicyclic) bond motifs is 5. The molecule has 0 aromatic heterocycles. The molecule has 5 atom stereocenters. The number of ether oxygens (including phenoxy) is 1. The van der Waals surface area contributed by atoms with Gasteiger partial charge in [0.05, 0.1) is 18.3 Å². The SMILES string of the molecule is CCOC(=O)N1N=C(C)[C@@H](P(=O)(c2ccccc2)c2ccccc2)[C@H]2[C@@H]1[C@@H]1C=C[C@H]2C1. The van der Waals surface area contributed by atoms with Gasteiger partial charge in [-0.05, 0) is 26.2 Å². The predicted molar refractivity (Wildman–Crippen MR) is 124 cm³/mol. The molecule has 0 radical (unpaired) electrons. The van der Waals surface area contributed by atoms with Crippen molar-refractivity contribution in [1.82, 2.24) is 5.01 Å². The minimum atomic E-state index is -3.07. The highest BCUT2D eigenvalue weighted by Gasteiger charge is 2.59. The fourth-order valence-electron chi connectivity index (χ4n) is 5.80. The maximum atomic E-state index is 15.2. The molecule has 160 valence electrons. The van der Waals surface area contributed by atoms with Gasteiger partial charge < -0.3 is 9.30 Å². The van der Waals surface area contributed by atoms with E-state index in [2.05, 4.69) is 12.2 Å². The Labute approximate surface area is 183 Å². The van der Waals surface area contributed by atoms with Gasteiger partial charge in [-0.15, -0.1) is 0 Å². The van der Waals surface area contributed by atoms with Crippen molar-refractivity contribution in [3.63, 3.8) is 0 Å². The summed E-state index contributed by atoms with van der Waals surface area (Å²) >= 11 is 0. The van der Waals surface area contributed by atoms with Gasteiger partial charge in [0, 0.05) is 28.2 Å². The van der Waals surface area contributed by atoms with E-state index in [0.717, 1.165) is 22.7 Å². The van der Waals surface area contributed by atoms with Gasteiger partial charge in [-0.25, -0.2) is 4.79 Å². The van der Waals surface area contributed by atoms with Gasteiger partial charge in [-0.1, -0.05) is 72.8 Å². The minimum Gasteiger partial charge on any atom is -0.448 e. The lowest BCUT2D eigenvalue weighted by Crippen LogP contribution is -2.55. The first kappa shape index (κ1) is 20.3. The molecule has 6 heteroatoms. The van der Waals surface area contributed by atoms with Crippen molar-refractivity contribution in [2.24, 2.45) is 22.9 Å². The maximum Gasteiger partial charge on any atom is 0.430 e. The molecule has 1 heterocycles. The van der Waals surface area contributed by atoms with E-state index in [1.807, 2.05) is 67.6 Å². The number of hydrogen-bond acceptors (Lipinski definition) is 4. The molecule has 2 aliphatic carbocycles. The van der Waals surface area contributed by atoms with Gasteiger partial charge in [0.15, 0.2) is 7.14 Å². The molecule has 0 N–H and O–H groups in total. The summed E-state index contributed by atoms with van der Waals surface area (Å²) in [5.41, 5.74) is 0.485. The van der Waals surface area contributed by atoms with E-state index in [-0.39, 0.29) is 29.5 Å². The molecule has 1 saturated carbocycles. The summed E-state index contributed by atoms with van der Waals surface area (Å²) in [7, 11) is -3.07. The average molecular weight is 434 g/mol. The fourth-order valence-corrected chi connectivity index (χ4v) is 9.43. The fraction of sp³-hybridized carbons (Fsp3) is 0.360. The van der Waals surface area contributed by atoms with Gasteiger partial charge in [-0.2, -0.15) is 10.1 Å². The molecule has 0 spiro atoms. The molecule has 1 amide bonds. The third-order valence-electron chi connectivity index (χ3n) is 6.94. The zero-order valence-corrected chi connectivity index (χ0v) is 18.7. The molecule has 1 aliphatic heterocycles. The van der Waals surface area contributed by atoms with E-state index < -0.39 is 13.2 Å². The number of amides is 1. The first-order valence-corrected chi connectivity index (χ1v) is 12.7. The van der Waals surface area contributed by atoms with Crippen LogP contribution in [-0.2, 0) is 9.30 Å². The maximum absolute atomic E-state index is 15.2. The highest BCUT2D eigenvalue weighted by Crippen LogP contribution is 2.61. The number of benzene rings is 2. The number of allylic oxidation sites excluding steroid dienone is 1. The van der Waals surface area contributed by atoms with Crippen molar-refractivity contribution in [2.45, 2.75) is 32.0 Å². The predicted octanol–water partition coefficient (Wildman–Crippen LogP) is 4.41. The van der Waals surface area contributed by atoms with Crippen molar-refractivity contribution in [1.29, 1.82) is 0 Å². The second-order valence-electron chi connectivity index (χ2n) is 8.58. The lowest BCUT2D eigenvalue weighted by Gasteiger charge is -2.45. The van der Waals surface area contributed by atoms with Gasteiger partial charge >= 0.3 is 6.09 Å². The Kier molecular flexibility index (Phi) is 5.10. The molecular weight excluding hydrogens is 407 g/mol. The van der Waals surface area contributed by atoms with Crippen molar-refractivity contribution in [3.8, 4) is 0 Å². The highest BCUT2D eigenvalue weighted by atomic mass is 31.2. The number of carbonyl (C=O) groups excluding carboxylic acids is 1. The van der Waals surface area contributed by atoms with Gasteiger partial charge in [0.2, 0.25) is 0 Å². The first-order valence-electron chi connectivity index (χ1n) is 11.0. The van der Waals surface area contributed by atoms with Crippen molar-refractivity contribution in [3.05, 3.63) is 72.8 Å². The van der Waals surface area contributed by atoms with Crippen LogP contribution < -0.4 is 10.6 Å². The van der Waals surface area contributed by atoms with Crippen LogP contribution in [0.4, 0.5) is 4.79 Å². The second kappa shape index (κ2) is 7.80. The van der Waals surface area contributed by atoms with Crippen molar-refractivity contribution in [2.75, 3.05) is 6.61 Å². The van der Waals surface area contributed by atoms with Crippen LogP contribution in [0.25, 0.3) is 0 Å². The summed E-state index contributed by atoms with van der Waals surface area (Å²) in [6.45, 7) is 4.03. The number of hydrazone groups is 1. The van der Waals surface area contributed by atoms with Crippen LogP contribution in [-0.4, -0.2) is 35.1 Å². The monoisotopic (exact) mass is 434 g/mol. The molecule has 5 nitrogen and oxygen atoms in total. The van der Waals surface area contributed by atoms with Crippen LogP contribution >= 0.6 is 7.14 Å². The molecule has 1 fully saturated rings. The number of nitrogens with zero attached hydrogens (tertiary/aromatic N) is 2. The summed E-state index contributed by atoms with van der Waals surface area (Å²) in [6.07, 6.45) is 5.00. The molecule has 5 rings (SSSR count). The lowest BCUT2D eigenvalue weighted by atomic mass is 9.83. The quantitative estimate of drug-likeness (QED) is 0.529. The van der Waals surface area contributed by atoms with E-state index in [0.29, 0.717) is 6.61 Å².